The first-order valence-electron chi connectivity index (χ1n) is 5.88. The van der Waals surface area contributed by atoms with Crippen LogP contribution in [-0.2, 0) is 0 Å². The number of nitrogens with one attached hydrogen (secondary N) is 1. The van der Waals surface area contributed by atoms with E-state index in [1.165, 1.54) is 12.1 Å². The van der Waals surface area contributed by atoms with Crippen LogP contribution >= 0.6 is 0 Å². The molecule has 0 aromatic heterocycles. The molecule has 0 unspecified atom stereocenters. The molecule has 1 heterocycles. The minimum atomic E-state index is -0.277. The van der Waals surface area contributed by atoms with E-state index in [0.717, 1.165) is 11.3 Å². The van der Waals surface area contributed by atoms with Gasteiger partial charge in [0, 0.05) is 17.7 Å². The number of hydrogen-bond donors (Lipinski definition) is 1. The monoisotopic (exact) mass is 241 g/mol. The summed E-state index contributed by atoms with van der Waals surface area (Å²) in [5.74, 6) is -0.181. The van der Waals surface area contributed by atoms with Crippen LogP contribution in [0.15, 0.2) is 48.5 Å². The van der Waals surface area contributed by atoms with Crippen molar-refractivity contribution in [3.05, 3.63) is 65.5 Å². The predicted molar refractivity (Wildman–Crippen MR) is 68.2 cm³/mol. The first-order valence-corrected chi connectivity index (χ1v) is 5.88. The molecule has 1 aliphatic rings. The molecular formula is C15H12FNO. The first kappa shape index (κ1) is 11.0. The zero-order chi connectivity index (χ0) is 12.5. The van der Waals surface area contributed by atoms with E-state index in [4.69, 9.17) is 0 Å². The normalized spacial score (nSPS) is 18.1. The first-order chi connectivity index (χ1) is 8.74. The molecule has 0 saturated carbocycles. The lowest BCUT2D eigenvalue weighted by molar-refractivity contribution is 0.0972. The van der Waals surface area contributed by atoms with Gasteiger partial charge < -0.3 is 5.32 Å². The quantitative estimate of drug-likeness (QED) is 0.827. The Labute approximate surface area is 104 Å². The van der Waals surface area contributed by atoms with E-state index in [-0.39, 0.29) is 17.6 Å². The number of hydrogen-bond acceptors (Lipinski definition) is 2. The number of rotatable bonds is 1. The van der Waals surface area contributed by atoms with Crippen molar-refractivity contribution in [3.63, 3.8) is 0 Å². The summed E-state index contributed by atoms with van der Waals surface area (Å²) in [6.45, 7) is 0. The van der Waals surface area contributed by atoms with Crippen molar-refractivity contribution >= 4 is 11.5 Å². The number of halogens is 1. The maximum absolute atomic E-state index is 13.2. The Bertz CT molecular complexity index is 609. The molecule has 0 fully saturated rings. The summed E-state index contributed by atoms with van der Waals surface area (Å²) >= 11 is 0. The van der Waals surface area contributed by atoms with Crippen molar-refractivity contribution in [3.8, 4) is 0 Å². The molecule has 0 spiro atoms. The van der Waals surface area contributed by atoms with Crippen molar-refractivity contribution in [1.29, 1.82) is 0 Å². The molecular weight excluding hydrogens is 229 g/mol. The van der Waals surface area contributed by atoms with Crippen molar-refractivity contribution in [2.45, 2.75) is 12.5 Å². The fraction of sp³-hybridized carbons (Fsp3) is 0.133. The molecule has 0 radical (unpaired) electrons. The maximum Gasteiger partial charge on any atom is 0.167 e. The smallest absolute Gasteiger partial charge is 0.167 e. The predicted octanol–water partition coefficient (Wildman–Crippen LogP) is 3.57. The van der Waals surface area contributed by atoms with E-state index in [0.29, 0.717) is 12.0 Å². The molecule has 2 nitrogen and oxygen atoms in total. The molecule has 3 heteroatoms. The Hall–Kier alpha value is -2.16. The number of Topliss-reactive ketones (excluding diaryl/α,β-unsaturated/α-hetero) is 1. The van der Waals surface area contributed by atoms with Gasteiger partial charge in [-0.1, -0.05) is 24.3 Å². The van der Waals surface area contributed by atoms with Gasteiger partial charge >= 0.3 is 0 Å². The second-order valence-corrected chi connectivity index (χ2v) is 4.42. The zero-order valence-electron chi connectivity index (χ0n) is 9.69. The Kier molecular flexibility index (Phi) is 2.59. The highest BCUT2D eigenvalue weighted by molar-refractivity contribution is 6.03. The summed E-state index contributed by atoms with van der Waals surface area (Å²) in [4.78, 5) is 12.0. The molecule has 0 aliphatic carbocycles. The second kappa shape index (κ2) is 4.26. The van der Waals surface area contributed by atoms with Crippen LogP contribution in [0, 0.1) is 5.82 Å². The SMILES string of the molecule is O=C1C[C@H](c2cccc(F)c2)Nc2ccccc21. The fourth-order valence-corrected chi connectivity index (χ4v) is 2.31. The molecule has 2 aromatic carbocycles. The van der Waals surface area contributed by atoms with Crippen LogP contribution in [0.5, 0.6) is 0 Å². The van der Waals surface area contributed by atoms with Crippen molar-refractivity contribution < 1.29 is 9.18 Å². The van der Waals surface area contributed by atoms with Crippen molar-refractivity contribution in [2.24, 2.45) is 0 Å². The van der Waals surface area contributed by atoms with Gasteiger partial charge in [-0.25, -0.2) is 4.39 Å². The lowest BCUT2D eigenvalue weighted by Crippen LogP contribution is -2.22. The molecule has 0 amide bonds. The van der Waals surface area contributed by atoms with E-state index >= 15 is 0 Å². The number of carbonyl (C=O) groups excluding carboxylic acids is 1. The van der Waals surface area contributed by atoms with Gasteiger partial charge in [0.25, 0.3) is 0 Å². The lowest BCUT2D eigenvalue weighted by Gasteiger charge is -2.26. The van der Waals surface area contributed by atoms with Crippen LogP contribution in [0.2, 0.25) is 0 Å². The highest BCUT2D eigenvalue weighted by Crippen LogP contribution is 2.32. The molecule has 90 valence electrons. The van der Waals surface area contributed by atoms with Gasteiger partial charge in [0.05, 0.1) is 6.04 Å². The lowest BCUT2D eigenvalue weighted by atomic mass is 9.92. The summed E-state index contributed by atoms with van der Waals surface area (Å²) in [6, 6.07) is 13.6. The number of ketones is 1. The van der Waals surface area contributed by atoms with Gasteiger partial charge in [-0.3, -0.25) is 4.79 Å². The van der Waals surface area contributed by atoms with Crippen molar-refractivity contribution in [2.75, 3.05) is 5.32 Å². The van der Waals surface area contributed by atoms with E-state index < -0.39 is 0 Å². The topological polar surface area (TPSA) is 29.1 Å². The molecule has 1 aliphatic heterocycles. The third-order valence-corrected chi connectivity index (χ3v) is 3.20. The molecule has 1 N–H and O–H groups in total. The third kappa shape index (κ3) is 1.88. The number of anilines is 1. The van der Waals surface area contributed by atoms with E-state index in [2.05, 4.69) is 5.32 Å². The summed E-state index contributed by atoms with van der Waals surface area (Å²) in [7, 11) is 0. The summed E-state index contributed by atoms with van der Waals surface area (Å²) < 4.78 is 13.2. The molecule has 0 bridgehead atoms. The number of benzene rings is 2. The largest absolute Gasteiger partial charge is 0.377 e. The van der Waals surface area contributed by atoms with E-state index in [1.54, 1.807) is 6.07 Å². The number of fused-ring (bicyclic) bond motifs is 1. The maximum atomic E-state index is 13.2. The van der Waals surface area contributed by atoms with Crippen LogP contribution in [0.4, 0.5) is 10.1 Å². The fourth-order valence-electron chi connectivity index (χ4n) is 2.31. The second-order valence-electron chi connectivity index (χ2n) is 4.42. The average molecular weight is 241 g/mol. The van der Waals surface area contributed by atoms with Crippen molar-refractivity contribution in [1.82, 2.24) is 0 Å². The highest BCUT2D eigenvalue weighted by atomic mass is 19.1. The van der Waals surface area contributed by atoms with E-state index in [1.807, 2.05) is 30.3 Å². The van der Waals surface area contributed by atoms with Crippen LogP contribution < -0.4 is 5.32 Å². The van der Waals surface area contributed by atoms with E-state index in [9.17, 15) is 9.18 Å². The molecule has 3 rings (SSSR count). The van der Waals surface area contributed by atoms with Gasteiger partial charge in [-0.05, 0) is 29.8 Å². The Morgan fingerprint density at radius 1 is 1.11 bits per heavy atom. The van der Waals surface area contributed by atoms with Crippen LogP contribution in [0.1, 0.15) is 28.4 Å². The van der Waals surface area contributed by atoms with Crippen LogP contribution in [0.3, 0.4) is 0 Å². The third-order valence-electron chi connectivity index (χ3n) is 3.20. The van der Waals surface area contributed by atoms with Gasteiger partial charge in [-0.2, -0.15) is 0 Å². The van der Waals surface area contributed by atoms with Gasteiger partial charge in [0.15, 0.2) is 5.78 Å². The minimum Gasteiger partial charge on any atom is -0.377 e. The number of carbonyl (C=O) groups is 1. The van der Waals surface area contributed by atoms with Crippen LogP contribution in [-0.4, -0.2) is 5.78 Å². The molecule has 0 saturated heterocycles. The zero-order valence-corrected chi connectivity index (χ0v) is 9.69. The average Bonchev–Trinajstić information content (AvgIpc) is 2.39. The summed E-state index contributed by atoms with van der Waals surface area (Å²) in [6.07, 6.45) is 0.362. The molecule has 1 atom stereocenters. The Balaban J connectivity index is 1.97. The van der Waals surface area contributed by atoms with Gasteiger partial charge in [-0.15, -0.1) is 0 Å². The highest BCUT2D eigenvalue weighted by Gasteiger charge is 2.25. The minimum absolute atomic E-state index is 0.0959. The molecule has 2 aromatic rings. The standard InChI is InChI=1S/C15H12FNO/c16-11-5-3-4-10(8-11)14-9-15(18)12-6-1-2-7-13(12)17-14/h1-8,14,17H,9H2/t14-/m1/s1. The molecule has 18 heavy (non-hydrogen) atoms. The van der Waals surface area contributed by atoms with Gasteiger partial charge in [0.2, 0.25) is 0 Å². The summed E-state index contributed by atoms with van der Waals surface area (Å²) in [5, 5.41) is 3.28. The number of para-hydroxylation sites is 1. The summed E-state index contributed by atoms with van der Waals surface area (Å²) in [5.41, 5.74) is 2.34. The van der Waals surface area contributed by atoms with Gasteiger partial charge in [0.1, 0.15) is 5.82 Å². The Morgan fingerprint density at radius 2 is 1.94 bits per heavy atom. The Morgan fingerprint density at radius 3 is 2.78 bits per heavy atom. The van der Waals surface area contributed by atoms with Crippen LogP contribution in [0.25, 0.3) is 0 Å².